The highest BCUT2D eigenvalue weighted by molar-refractivity contribution is 7.18. The number of nitrogens with zero attached hydrogens (tertiary/aromatic N) is 4. The first kappa shape index (κ1) is 19.4. The second kappa shape index (κ2) is 9.50. The van der Waals surface area contributed by atoms with Gasteiger partial charge in [-0.15, -0.1) is 11.3 Å². The number of hydrogen-bond donors (Lipinski definition) is 2. The topological polar surface area (TPSA) is 67.1 Å². The Morgan fingerprint density at radius 3 is 2.63 bits per heavy atom. The minimum absolute atomic E-state index is 0.854. The molecule has 0 saturated heterocycles. The molecule has 0 atom stereocenters. The zero-order chi connectivity index (χ0) is 19.1. The Bertz CT molecular complexity index is 862. The molecule has 0 aliphatic heterocycles. The molecule has 3 rings (SSSR count). The molecule has 6 nitrogen and oxygen atoms in total. The lowest BCUT2D eigenvalue weighted by molar-refractivity contribution is 0.555. The van der Waals surface area contributed by atoms with Crippen LogP contribution in [0.15, 0.2) is 35.3 Å². The fourth-order valence-electron chi connectivity index (χ4n) is 3.03. The molecule has 0 aliphatic rings. The summed E-state index contributed by atoms with van der Waals surface area (Å²) in [7, 11) is 1.81. The minimum atomic E-state index is 0.854. The second-order valence-electron chi connectivity index (χ2n) is 6.61. The number of nitrogens with one attached hydrogen (secondary N) is 2. The lowest BCUT2D eigenvalue weighted by atomic mass is 10.3. The SMILES string of the molecule is CN=C(NCCCc1nc2ccccc2s1)NCCCn1nc(C)cc1C. The van der Waals surface area contributed by atoms with E-state index in [1.807, 2.05) is 20.0 Å². The van der Waals surface area contributed by atoms with Gasteiger partial charge in [-0.2, -0.15) is 5.10 Å². The van der Waals surface area contributed by atoms with Crippen LogP contribution in [0.3, 0.4) is 0 Å². The summed E-state index contributed by atoms with van der Waals surface area (Å²) in [6.07, 6.45) is 3.03. The Kier molecular flexibility index (Phi) is 6.81. The zero-order valence-electron chi connectivity index (χ0n) is 16.3. The van der Waals surface area contributed by atoms with Crippen LogP contribution in [0.5, 0.6) is 0 Å². The van der Waals surface area contributed by atoms with Crippen LogP contribution in [0.4, 0.5) is 0 Å². The van der Waals surface area contributed by atoms with Crippen LogP contribution in [0, 0.1) is 13.8 Å². The Morgan fingerprint density at radius 2 is 1.93 bits per heavy atom. The number of para-hydroxylation sites is 1. The van der Waals surface area contributed by atoms with Gasteiger partial charge in [-0.05, 0) is 44.9 Å². The number of aromatic nitrogens is 3. The van der Waals surface area contributed by atoms with Crippen LogP contribution in [-0.2, 0) is 13.0 Å². The number of guanidine groups is 1. The molecule has 3 aromatic rings. The Hall–Kier alpha value is -2.41. The highest BCUT2D eigenvalue weighted by atomic mass is 32.1. The summed E-state index contributed by atoms with van der Waals surface area (Å²) in [4.78, 5) is 8.98. The summed E-state index contributed by atoms with van der Waals surface area (Å²) in [5.74, 6) is 0.854. The van der Waals surface area contributed by atoms with Crippen molar-refractivity contribution in [3.8, 4) is 0 Å². The molecule has 7 heteroatoms. The number of fused-ring (bicyclic) bond motifs is 1. The van der Waals surface area contributed by atoms with Crippen molar-refractivity contribution < 1.29 is 0 Å². The van der Waals surface area contributed by atoms with Crippen LogP contribution in [0.2, 0.25) is 0 Å². The summed E-state index contributed by atoms with van der Waals surface area (Å²) < 4.78 is 3.33. The fraction of sp³-hybridized carbons (Fsp3) is 0.450. The van der Waals surface area contributed by atoms with Crippen LogP contribution >= 0.6 is 11.3 Å². The first-order chi connectivity index (χ1) is 13.2. The van der Waals surface area contributed by atoms with E-state index in [0.717, 1.165) is 56.1 Å². The van der Waals surface area contributed by atoms with Gasteiger partial charge in [-0.3, -0.25) is 9.67 Å². The second-order valence-corrected chi connectivity index (χ2v) is 7.72. The number of aryl methyl sites for hydroxylation is 4. The smallest absolute Gasteiger partial charge is 0.190 e. The molecule has 0 saturated carbocycles. The summed E-state index contributed by atoms with van der Waals surface area (Å²) in [6, 6.07) is 10.4. The monoisotopic (exact) mass is 384 g/mol. The molecule has 0 aliphatic carbocycles. The largest absolute Gasteiger partial charge is 0.356 e. The predicted octanol–water partition coefficient (Wildman–Crippen LogP) is 3.30. The minimum Gasteiger partial charge on any atom is -0.356 e. The van der Waals surface area contributed by atoms with E-state index in [1.54, 1.807) is 11.3 Å². The van der Waals surface area contributed by atoms with Crippen molar-refractivity contribution in [1.82, 2.24) is 25.4 Å². The van der Waals surface area contributed by atoms with Gasteiger partial charge in [0.25, 0.3) is 0 Å². The van der Waals surface area contributed by atoms with Crippen LogP contribution in [-0.4, -0.2) is 40.9 Å². The summed E-state index contributed by atoms with van der Waals surface area (Å²) in [5, 5.41) is 12.4. The first-order valence-electron chi connectivity index (χ1n) is 9.46. The van der Waals surface area contributed by atoms with E-state index < -0.39 is 0 Å². The van der Waals surface area contributed by atoms with Crippen molar-refractivity contribution in [3.05, 3.63) is 46.7 Å². The molecule has 2 heterocycles. The number of benzene rings is 1. The van der Waals surface area contributed by atoms with Gasteiger partial charge in [0, 0.05) is 38.8 Å². The molecular formula is C20H28N6S. The lowest BCUT2D eigenvalue weighted by Crippen LogP contribution is -2.38. The molecule has 144 valence electrons. The standard InChI is InChI=1S/C20H28N6S/c1-15-14-16(2)26(25-15)13-7-12-23-20(21-3)22-11-6-10-19-24-17-8-4-5-9-18(17)27-19/h4-5,8-9,14H,6-7,10-13H2,1-3H3,(H2,21,22,23). The quantitative estimate of drug-likeness (QED) is 0.355. The number of aliphatic imine (C=N–C) groups is 1. The molecule has 2 aromatic heterocycles. The summed E-state index contributed by atoms with van der Waals surface area (Å²) >= 11 is 1.79. The van der Waals surface area contributed by atoms with Crippen LogP contribution in [0.1, 0.15) is 29.2 Å². The van der Waals surface area contributed by atoms with E-state index in [0.29, 0.717) is 0 Å². The molecule has 0 radical (unpaired) electrons. The van der Waals surface area contributed by atoms with Crippen molar-refractivity contribution in [3.63, 3.8) is 0 Å². The zero-order valence-corrected chi connectivity index (χ0v) is 17.1. The highest BCUT2D eigenvalue weighted by Gasteiger charge is 2.04. The Labute approximate surface area is 164 Å². The van der Waals surface area contributed by atoms with E-state index >= 15 is 0 Å². The van der Waals surface area contributed by atoms with Gasteiger partial charge in [-0.25, -0.2) is 4.98 Å². The van der Waals surface area contributed by atoms with Gasteiger partial charge in [0.1, 0.15) is 0 Å². The lowest BCUT2D eigenvalue weighted by Gasteiger charge is -2.12. The molecule has 0 fully saturated rings. The van der Waals surface area contributed by atoms with Crippen molar-refractivity contribution in [2.75, 3.05) is 20.1 Å². The third kappa shape index (κ3) is 5.53. The maximum atomic E-state index is 4.68. The Balaban J connectivity index is 1.33. The van der Waals surface area contributed by atoms with Crippen molar-refractivity contribution in [2.24, 2.45) is 4.99 Å². The Morgan fingerprint density at radius 1 is 1.15 bits per heavy atom. The molecule has 0 unspecified atom stereocenters. The van der Waals surface area contributed by atoms with E-state index in [1.165, 1.54) is 15.4 Å². The molecule has 0 spiro atoms. The van der Waals surface area contributed by atoms with Gasteiger partial charge < -0.3 is 10.6 Å². The van der Waals surface area contributed by atoms with E-state index in [4.69, 9.17) is 0 Å². The average molecular weight is 385 g/mol. The van der Waals surface area contributed by atoms with E-state index in [-0.39, 0.29) is 0 Å². The number of rotatable bonds is 8. The maximum absolute atomic E-state index is 4.68. The van der Waals surface area contributed by atoms with Crippen molar-refractivity contribution >= 4 is 27.5 Å². The number of hydrogen-bond acceptors (Lipinski definition) is 4. The third-order valence-electron chi connectivity index (χ3n) is 4.36. The van der Waals surface area contributed by atoms with Gasteiger partial charge in [0.2, 0.25) is 0 Å². The van der Waals surface area contributed by atoms with Crippen LogP contribution in [0.25, 0.3) is 10.2 Å². The predicted molar refractivity (Wildman–Crippen MR) is 114 cm³/mol. The number of thiazole rings is 1. The molecule has 0 bridgehead atoms. The highest BCUT2D eigenvalue weighted by Crippen LogP contribution is 2.22. The first-order valence-corrected chi connectivity index (χ1v) is 10.3. The molecule has 27 heavy (non-hydrogen) atoms. The molecule has 0 amide bonds. The third-order valence-corrected chi connectivity index (χ3v) is 5.46. The van der Waals surface area contributed by atoms with Crippen molar-refractivity contribution in [2.45, 2.75) is 39.7 Å². The van der Waals surface area contributed by atoms with Crippen LogP contribution < -0.4 is 10.6 Å². The molecule has 2 N–H and O–H groups in total. The fourth-order valence-corrected chi connectivity index (χ4v) is 4.04. The summed E-state index contributed by atoms with van der Waals surface area (Å²) in [6.45, 7) is 6.80. The average Bonchev–Trinajstić information content (AvgIpc) is 3.22. The van der Waals surface area contributed by atoms with Gasteiger partial charge >= 0.3 is 0 Å². The molecule has 1 aromatic carbocycles. The van der Waals surface area contributed by atoms with E-state index in [2.05, 4.69) is 61.6 Å². The summed E-state index contributed by atoms with van der Waals surface area (Å²) in [5.41, 5.74) is 3.39. The van der Waals surface area contributed by atoms with E-state index in [9.17, 15) is 0 Å². The van der Waals surface area contributed by atoms with Gasteiger partial charge in [0.05, 0.1) is 20.9 Å². The maximum Gasteiger partial charge on any atom is 0.190 e. The molecular weight excluding hydrogens is 356 g/mol. The van der Waals surface area contributed by atoms with Crippen molar-refractivity contribution in [1.29, 1.82) is 0 Å². The van der Waals surface area contributed by atoms with Gasteiger partial charge in [0.15, 0.2) is 5.96 Å². The van der Waals surface area contributed by atoms with Gasteiger partial charge in [-0.1, -0.05) is 12.1 Å². The normalized spacial score (nSPS) is 11.9.